The van der Waals surface area contributed by atoms with Gasteiger partial charge in [-0.05, 0) is 46.1 Å². The van der Waals surface area contributed by atoms with Crippen molar-refractivity contribution in [1.82, 2.24) is 15.1 Å². The summed E-state index contributed by atoms with van der Waals surface area (Å²) in [7, 11) is 5.80. The molecule has 1 amide bonds. The molecule has 0 aliphatic carbocycles. The molecule has 0 radical (unpaired) electrons. The molecule has 0 aromatic rings. The van der Waals surface area contributed by atoms with Gasteiger partial charge in [0.1, 0.15) is 0 Å². The zero-order valence-corrected chi connectivity index (χ0v) is 12.8. The smallest absolute Gasteiger partial charge is 0.225 e. The van der Waals surface area contributed by atoms with E-state index in [0.29, 0.717) is 19.1 Å². The van der Waals surface area contributed by atoms with Crippen LogP contribution in [0.25, 0.3) is 0 Å². The third-order valence-electron chi connectivity index (χ3n) is 3.82. The van der Waals surface area contributed by atoms with Gasteiger partial charge < -0.3 is 19.9 Å². The molecule has 1 aliphatic heterocycles. The van der Waals surface area contributed by atoms with Crippen LogP contribution >= 0.6 is 0 Å². The van der Waals surface area contributed by atoms with Crippen LogP contribution in [-0.4, -0.2) is 76.2 Å². The first-order chi connectivity index (χ1) is 9.06. The number of carbonyl (C=O) groups excluding carboxylic acids is 1. The molecule has 5 heteroatoms. The van der Waals surface area contributed by atoms with Crippen LogP contribution in [-0.2, 0) is 9.53 Å². The summed E-state index contributed by atoms with van der Waals surface area (Å²) in [5, 5.41) is 3.24. The summed E-state index contributed by atoms with van der Waals surface area (Å²) in [5.74, 6) is 0.908. The first-order valence-corrected chi connectivity index (χ1v) is 7.19. The quantitative estimate of drug-likeness (QED) is 0.654. The predicted octanol–water partition coefficient (Wildman–Crippen LogP) is 0.269. The fraction of sp³-hybridized carbons (Fsp3) is 0.929. The lowest BCUT2D eigenvalue weighted by Crippen LogP contribution is -2.51. The van der Waals surface area contributed by atoms with Gasteiger partial charge in [-0.1, -0.05) is 6.92 Å². The van der Waals surface area contributed by atoms with Crippen LogP contribution in [0.1, 0.15) is 13.3 Å². The first-order valence-electron chi connectivity index (χ1n) is 7.19. The molecule has 0 bridgehead atoms. The molecule has 1 rings (SSSR count). The molecule has 0 saturated carbocycles. The van der Waals surface area contributed by atoms with Crippen molar-refractivity contribution in [1.29, 1.82) is 0 Å². The molecule has 0 aromatic heterocycles. The van der Waals surface area contributed by atoms with Crippen LogP contribution in [0.3, 0.4) is 0 Å². The van der Waals surface area contributed by atoms with Gasteiger partial charge in [0.2, 0.25) is 5.91 Å². The van der Waals surface area contributed by atoms with Crippen LogP contribution in [0, 0.1) is 11.8 Å². The van der Waals surface area contributed by atoms with Crippen molar-refractivity contribution in [3.63, 3.8) is 0 Å². The van der Waals surface area contributed by atoms with Gasteiger partial charge in [0.15, 0.2) is 0 Å². The van der Waals surface area contributed by atoms with Crippen molar-refractivity contribution >= 4 is 5.91 Å². The topological polar surface area (TPSA) is 44.8 Å². The Morgan fingerprint density at radius 3 is 2.47 bits per heavy atom. The van der Waals surface area contributed by atoms with Gasteiger partial charge in [-0.3, -0.25) is 4.79 Å². The van der Waals surface area contributed by atoms with E-state index in [1.54, 1.807) is 7.11 Å². The molecular formula is C14H29N3O2. The third-order valence-corrected chi connectivity index (χ3v) is 3.82. The Kier molecular flexibility index (Phi) is 7.34. The highest BCUT2D eigenvalue weighted by Gasteiger charge is 2.31. The molecular weight excluding hydrogens is 242 g/mol. The fourth-order valence-corrected chi connectivity index (χ4v) is 2.27. The summed E-state index contributed by atoms with van der Waals surface area (Å²) in [6, 6.07) is 0. The monoisotopic (exact) mass is 271 g/mol. The average molecular weight is 271 g/mol. The van der Waals surface area contributed by atoms with Crippen LogP contribution in [0.4, 0.5) is 0 Å². The van der Waals surface area contributed by atoms with Crippen molar-refractivity contribution in [2.75, 3.05) is 60.5 Å². The number of ether oxygens (including phenoxy) is 1. The van der Waals surface area contributed by atoms with Gasteiger partial charge in [-0.2, -0.15) is 0 Å². The standard InChI is InChI=1S/C14H29N3O2/c1-12(13-10-15-11-13)14(18)17(8-9-19-4)7-5-6-16(2)3/h12-13,15H,5-11H2,1-4H3. The molecule has 1 heterocycles. The Morgan fingerprint density at radius 1 is 1.32 bits per heavy atom. The normalized spacial score (nSPS) is 17.3. The minimum atomic E-state index is 0.123. The molecule has 112 valence electrons. The first kappa shape index (κ1) is 16.4. The summed E-state index contributed by atoms with van der Waals surface area (Å²) in [6.45, 7) is 7.16. The van der Waals surface area contributed by atoms with E-state index in [9.17, 15) is 4.79 Å². The van der Waals surface area contributed by atoms with E-state index in [2.05, 4.69) is 31.2 Å². The summed E-state index contributed by atoms with van der Waals surface area (Å²) < 4.78 is 5.11. The Morgan fingerprint density at radius 2 is 2.00 bits per heavy atom. The lowest BCUT2D eigenvalue weighted by atomic mass is 9.88. The van der Waals surface area contributed by atoms with Gasteiger partial charge >= 0.3 is 0 Å². The number of amides is 1. The number of hydrogen-bond donors (Lipinski definition) is 1. The maximum atomic E-state index is 12.5. The highest BCUT2D eigenvalue weighted by molar-refractivity contribution is 5.79. The van der Waals surface area contributed by atoms with E-state index in [1.807, 2.05) is 4.90 Å². The Labute approximate surface area is 117 Å². The second-order valence-electron chi connectivity index (χ2n) is 5.68. The largest absolute Gasteiger partial charge is 0.383 e. The Bertz CT molecular complexity index is 267. The van der Waals surface area contributed by atoms with Crippen LogP contribution < -0.4 is 5.32 Å². The van der Waals surface area contributed by atoms with Crippen molar-refractivity contribution < 1.29 is 9.53 Å². The second kappa shape index (κ2) is 8.51. The second-order valence-corrected chi connectivity index (χ2v) is 5.68. The van der Waals surface area contributed by atoms with Crippen molar-refractivity contribution in [3.8, 4) is 0 Å². The van der Waals surface area contributed by atoms with Crippen LogP contribution in [0.2, 0.25) is 0 Å². The van der Waals surface area contributed by atoms with E-state index in [1.165, 1.54) is 0 Å². The van der Waals surface area contributed by atoms with Crippen molar-refractivity contribution in [3.05, 3.63) is 0 Å². The van der Waals surface area contributed by atoms with E-state index < -0.39 is 0 Å². The molecule has 1 unspecified atom stereocenters. The van der Waals surface area contributed by atoms with Gasteiger partial charge in [-0.25, -0.2) is 0 Å². The van der Waals surface area contributed by atoms with E-state index in [4.69, 9.17) is 4.74 Å². The Hall–Kier alpha value is -0.650. The van der Waals surface area contributed by atoms with Gasteiger partial charge in [-0.15, -0.1) is 0 Å². The van der Waals surface area contributed by atoms with E-state index in [-0.39, 0.29) is 11.8 Å². The van der Waals surface area contributed by atoms with Crippen LogP contribution in [0.5, 0.6) is 0 Å². The SMILES string of the molecule is COCCN(CCCN(C)C)C(=O)C(C)C1CNC1. The number of rotatable bonds is 9. The van der Waals surface area contributed by atoms with Crippen LogP contribution in [0.15, 0.2) is 0 Å². The molecule has 1 fully saturated rings. The number of carbonyl (C=O) groups is 1. The van der Waals surface area contributed by atoms with Gasteiger partial charge in [0.25, 0.3) is 0 Å². The number of hydrogen-bond acceptors (Lipinski definition) is 4. The lowest BCUT2D eigenvalue weighted by Gasteiger charge is -2.35. The summed E-state index contributed by atoms with van der Waals surface area (Å²) in [4.78, 5) is 16.6. The van der Waals surface area contributed by atoms with Crippen molar-refractivity contribution in [2.24, 2.45) is 11.8 Å². The highest BCUT2D eigenvalue weighted by atomic mass is 16.5. The maximum Gasteiger partial charge on any atom is 0.225 e. The van der Waals surface area contributed by atoms with E-state index in [0.717, 1.165) is 32.6 Å². The molecule has 5 nitrogen and oxygen atoms in total. The predicted molar refractivity (Wildman–Crippen MR) is 77.2 cm³/mol. The number of nitrogens with one attached hydrogen (secondary N) is 1. The zero-order chi connectivity index (χ0) is 14.3. The number of nitrogens with zero attached hydrogens (tertiary/aromatic N) is 2. The fourth-order valence-electron chi connectivity index (χ4n) is 2.27. The lowest BCUT2D eigenvalue weighted by molar-refractivity contribution is -0.138. The average Bonchev–Trinajstić information content (AvgIpc) is 2.30. The summed E-state index contributed by atoms with van der Waals surface area (Å²) in [5.41, 5.74) is 0. The zero-order valence-electron chi connectivity index (χ0n) is 12.8. The Balaban J connectivity index is 2.43. The minimum absolute atomic E-state index is 0.123. The molecule has 0 spiro atoms. The van der Waals surface area contributed by atoms with E-state index >= 15 is 0 Å². The minimum Gasteiger partial charge on any atom is -0.383 e. The van der Waals surface area contributed by atoms with Gasteiger partial charge in [0.05, 0.1) is 6.61 Å². The maximum absolute atomic E-state index is 12.5. The van der Waals surface area contributed by atoms with Crippen molar-refractivity contribution in [2.45, 2.75) is 13.3 Å². The number of methoxy groups -OCH3 is 1. The molecule has 19 heavy (non-hydrogen) atoms. The third kappa shape index (κ3) is 5.47. The highest BCUT2D eigenvalue weighted by Crippen LogP contribution is 2.18. The molecule has 0 aromatic carbocycles. The van der Waals surface area contributed by atoms with Gasteiger partial charge in [0, 0.05) is 26.1 Å². The molecule has 1 N–H and O–H groups in total. The summed E-state index contributed by atoms with van der Waals surface area (Å²) >= 11 is 0. The summed E-state index contributed by atoms with van der Waals surface area (Å²) in [6.07, 6.45) is 1.01. The molecule has 1 saturated heterocycles. The molecule has 1 aliphatic rings. The molecule has 1 atom stereocenters.